The lowest BCUT2D eigenvalue weighted by molar-refractivity contribution is -0.136. The maximum Gasteiger partial charge on any atom is 0.419 e. The molecule has 2 aromatic rings. The number of benzene rings is 1. The van der Waals surface area contributed by atoms with Gasteiger partial charge in [-0.1, -0.05) is 11.3 Å². The molecule has 1 saturated carbocycles. The highest BCUT2D eigenvalue weighted by atomic mass is 19.4. The highest BCUT2D eigenvalue weighted by Crippen LogP contribution is 2.35. The number of hydrogen-bond donors (Lipinski definition) is 0. The van der Waals surface area contributed by atoms with Crippen LogP contribution in [-0.2, 0) is 12.7 Å². The number of alkyl halides is 3. The summed E-state index contributed by atoms with van der Waals surface area (Å²) in [4.78, 5) is 0. The van der Waals surface area contributed by atoms with E-state index in [-0.39, 0.29) is 5.52 Å². The Labute approximate surface area is 95.2 Å². The molecule has 1 aromatic carbocycles. The van der Waals surface area contributed by atoms with E-state index in [2.05, 4.69) is 16.4 Å². The Morgan fingerprint density at radius 2 is 2.18 bits per heavy atom. The van der Waals surface area contributed by atoms with E-state index in [1.165, 1.54) is 6.07 Å². The zero-order valence-corrected chi connectivity index (χ0v) is 8.83. The van der Waals surface area contributed by atoms with Crippen molar-refractivity contribution in [2.24, 2.45) is 5.92 Å². The van der Waals surface area contributed by atoms with Gasteiger partial charge < -0.3 is 0 Å². The van der Waals surface area contributed by atoms with E-state index in [4.69, 9.17) is 0 Å². The molecule has 1 aliphatic carbocycles. The van der Waals surface area contributed by atoms with Crippen molar-refractivity contribution < 1.29 is 13.2 Å². The second kappa shape index (κ2) is 3.45. The first-order valence-corrected chi connectivity index (χ1v) is 5.37. The molecule has 0 amide bonds. The van der Waals surface area contributed by atoms with Crippen LogP contribution in [0.15, 0.2) is 12.1 Å². The number of halogens is 3. The van der Waals surface area contributed by atoms with Crippen LogP contribution >= 0.6 is 0 Å². The lowest BCUT2D eigenvalue weighted by atomic mass is 10.2. The van der Waals surface area contributed by atoms with Crippen molar-refractivity contribution in [3.8, 4) is 0 Å². The Morgan fingerprint density at radius 3 is 2.82 bits per heavy atom. The van der Waals surface area contributed by atoms with Crippen LogP contribution in [0.2, 0.25) is 0 Å². The van der Waals surface area contributed by atoms with Crippen molar-refractivity contribution in [3.63, 3.8) is 0 Å². The fourth-order valence-corrected chi connectivity index (χ4v) is 1.83. The van der Waals surface area contributed by atoms with Gasteiger partial charge in [-0.25, -0.2) is 4.68 Å². The van der Waals surface area contributed by atoms with Crippen LogP contribution in [0, 0.1) is 12.0 Å². The normalized spacial score (nSPS) is 16.6. The van der Waals surface area contributed by atoms with Gasteiger partial charge in [-0.2, -0.15) is 13.2 Å². The zero-order valence-electron chi connectivity index (χ0n) is 8.83. The van der Waals surface area contributed by atoms with Gasteiger partial charge >= 0.3 is 6.18 Å². The molecule has 1 aliphatic rings. The van der Waals surface area contributed by atoms with Crippen molar-refractivity contribution >= 4 is 11.0 Å². The molecule has 6 heteroatoms. The van der Waals surface area contributed by atoms with Crippen molar-refractivity contribution in [2.75, 3.05) is 0 Å². The number of nitrogens with zero attached hydrogens (tertiary/aromatic N) is 3. The Kier molecular flexibility index (Phi) is 2.14. The number of hydrogen-bond acceptors (Lipinski definition) is 2. The Hall–Kier alpha value is -1.59. The number of aromatic nitrogens is 3. The molecule has 0 unspecified atom stereocenters. The van der Waals surface area contributed by atoms with E-state index >= 15 is 0 Å². The lowest BCUT2D eigenvalue weighted by Crippen LogP contribution is -2.06. The molecule has 1 fully saturated rings. The summed E-state index contributed by atoms with van der Waals surface area (Å²) < 4.78 is 39.6. The molecule has 0 aliphatic heterocycles. The van der Waals surface area contributed by atoms with E-state index in [1.807, 2.05) is 0 Å². The number of rotatable bonds is 2. The maximum absolute atomic E-state index is 12.7. The molecule has 0 spiro atoms. The van der Waals surface area contributed by atoms with Crippen molar-refractivity contribution in [2.45, 2.75) is 25.6 Å². The summed E-state index contributed by atoms with van der Waals surface area (Å²) in [7, 11) is 0. The molecule has 1 radical (unpaired) electrons. The molecule has 1 aromatic heterocycles. The van der Waals surface area contributed by atoms with Crippen LogP contribution in [-0.4, -0.2) is 15.0 Å². The first kappa shape index (κ1) is 10.6. The molecule has 0 bridgehead atoms. The topological polar surface area (TPSA) is 30.7 Å². The van der Waals surface area contributed by atoms with E-state index in [1.54, 1.807) is 10.7 Å². The monoisotopic (exact) mass is 240 g/mol. The lowest BCUT2D eigenvalue weighted by Gasteiger charge is -2.06. The number of fused-ring (bicyclic) bond motifs is 1. The molecule has 0 N–H and O–H groups in total. The molecular formula is C11H9F3N3. The third kappa shape index (κ3) is 1.87. The first-order chi connectivity index (χ1) is 8.05. The minimum Gasteiger partial charge on any atom is -0.244 e. The summed E-state index contributed by atoms with van der Waals surface area (Å²) in [5.74, 6) is 0.540. The average molecular weight is 240 g/mol. The molecular weight excluding hydrogens is 231 g/mol. The highest BCUT2D eigenvalue weighted by molar-refractivity contribution is 5.78. The zero-order chi connectivity index (χ0) is 12.0. The molecule has 0 atom stereocenters. The smallest absolute Gasteiger partial charge is 0.244 e. The third-order valence-electron chi connectivity index (χ3n) is 2.89. The predicted octanol–water partition coefficient (Wildman–Crippen LogP) is 2.66. The van der Waals surface area contributed by atoms with Gasteiger partial charge in [0.1, 0.15) is 5.52 Å². The third-order valence-corrected chi connectivity index (χ3v) is 2.89. The van der Waals surface area contributed by atoms with Gasteiger partial charge in [-0.15, -0.1) is 5.10 Å². The van der Waals surface area contributed by atoms with Crippen LogP contribution in [0.1, 0.15) is 18.4 Å². The Bertz CT molecular complexity index is 555. The quantitative estimate of drug-likeness (QED) is 0.807. The largest absolute Gasteiger partial charge is 0.419 e. The summed E-state index contributed by atoms with van der Waals surface area (Å²) >= 11 is 0. The molecule has 17 heavy (non-hydrogen) atoms. The summed E-state index contributed by atoms with van der Waals surface area (Å²) in [6, 6.07) is 5.04. The van der Waals surface area contributed by atoms with E-state index in [0.29, 0.717) is 18.0 Å². The SMILES string of the molecule is FC(F)(F)c1[c]ccc2c1nnn2CC1CC1. The van der Waals surface area contributed by atoms with Crippen LogP contribution in [0.4, 0.5) is 13.2 Å². The van der Waals surface area contributed by atoms with E-state index in [9.17, 15) is 13.2 Å². The highest BCUT2D eigenvalue weighted by Gasteiger charge is 2.34. The standard InChI is InChI=1S/C11H9F3N3/c12-11(13,14)8-2-1-3-9-10(8)15-16-17(9)6-7-4-5-7/h1,3,7H,4-6H2. The second-order valence-corrected chi connectivity index (χ2v) is 4.30. The van der Waals surface area contributed by atoms with Crippen molar-refractivity contribution in [3.05, 3.63) is 23.8 Å². The van der Waals surface area contributed by atoms with Gasteiger partial charge in [0.2, 0.25) is 0 Å². The Morgan fingerprint density at radius 1 is 1.41 bits per heavy atom. The minimum absolute atomic E-state index is 0.111. The van der Waals surface area contributed by atoms with Crippen molar-refractivity contribution in [1.29, 1.82) is 0 Å². The minimum atomic E-state index is -4.43. The molecule has 89 valence electrons. The van der Waals surface area contributed by atoms with Crippen LogP contribution in [0.5, 0.6) is 0 Å². The fourth-order valence-electron chi connectivity index (χ4n) is 1.83. The second-order valence-electron chi connectivity index (χ2n) is 4.30. The molecule has 3 nitrogen and oxygen atoms in total. The summed E-state index contributed by atoms with van der Waals surface area (Å²) in [6.45, 7) is 0.651. The summed E-state index contributed by atoms with van der Waals surface area (Å²) in [6.07, 6.45) is -2.20. The van der Waals surface area contributed by atoms with Gasteiger partial charge in [0.25, 0.3) is 0 Å². The summed E-state index contributed by atoms with van der Waals surface area (Å²) in [5, 5.41) is 7.42. The van der Waals surface area contributed by atoms with E-state index in [0.717, 1.165) is 12.8 Å². The fraction of sp³-hybridized carbons (Fsp3) is 0.455. The Balaban J connectivity index is 2.10. The van der Waals surface area contributed by atoms with Crippen LogP contribution in [0.25, 0.3) is 11.0 Å². The van der Waals surface area contributed by atoms with Gasteiger partial charge in [0, 0.05) is 6.54 Å². The van der Waals surface area contributed by atoms with Crippen LogP contribution in [0.3, 0.4) is 0 Å². The average Bonchev–Trinajstić information content (AvgIpc) is 2.97. The summed E-state index contributed by atoms with van der Waals surface area (Å²) in [5.41, 5.74) is -0.513. The van der Waals surface area contributed by atoms with Gasteiger partial charge in [-0.05, 0) is 30.9 Å². The first-order valence-electron chi connectivity index (χ1n) is 5.37. The van der Waals surface area contributed by atoms with Crippen LogP contribution < -0.4 is 0 Å². The van der Waals surface area contributed by atoms with Gasteiger partial charge in [0.05, 0.1) is 11.1 Å². The molecule has 1 heterocycles. The van der Waals surface area contributed by atoms with E-state index < -0.39 is 11.7 Å². The molecule has 3 rings (SSSR count). The van der Waals surface area contributed by atoms with Crippen molar-refractivity contribution in [1.82, 2.24) is 15.0 Å². The predicted molar refractivity (Wildman–Crippen MR) is 54.1 cm³/mol. The maximum atomic E-state index is 12.7. The van der Waals surface area contributed by atoms with Gasteiger partial charge in [0.15, 0.2) is 0 Å². The molecule has 0 saturated heterocycles. The van der Waals surface area contributed by atoms with Gasteiger partial charge in [-0.3, -0.25) is 0 Å².